The maximum absolute atomic E-state index is 11.3. The van der Waals surface area contributed by atoms with Crippen LogP contribution in [0.1, 0.15) is 36.7 Å². The molecule has 0 fully saturated rings. The first-order valence-electron chi connectivity index (χ1n) is 6.17. The van der Waals surface area contributed by atoms with Gasteiger partial charge in [0.15, 0.2) is 8.24 Å². The first-order valence-corrected chi connectivity index (χ1v) is 9.17. The van der Waals surface area contributed by atoms with Crippen molar-refractivity contribution >= 4 is 19.9 Å². The van der Waals surface area contributed by atoms with Gasteiger partial charge in [-0.15, -0.1) is 0 Å². The Labute approximate surface area is 110 Å². The van der Waals surface area contributed by atoms with Crippen LogP contribution in [0.5, 0.6) is 0 Å². The highest BCUT2D eigenvalue weighted by molar-refractivity contribution is 6.83. The van der Waals surface area contributed by atoms with Gasteiger partial charge in [-0.05, 0) is 23.6 Å². The molecule has 1 aromatic carbocycles. The van der Waals surface area contributed by atoms with Gasteiger partial charge in [0, 0.05) is 5.69 Å². The molecule has 0 heterocycles. The molecule has 100 valence electrons. The number of aryl methyl sites for hydroxylation is 1. The number of carboxylic acids is 1. The SMILES string of the molecule is Cc1cccc(C(=O)O)c1N[Si](C)(C)C(C)(C)C. The van der Waals surface area contributed by atoms with Gasteiger partial charge in [-0.25, -0.2) is 4.79 Å². The molecular formula is C14H23NO2Si. The predicted octanol–water partition coefficient (Wildman–Crippen LogP) is 4.11. The number of benzene rings is 1. The fraction of sp³-hybridized carbons (Fsp3) is 0.500. The van der Waals surface area contributed by atoms with Crippen LogP contribution in [0, 0.1) is 6.92 Å². The Kier molecular flexibility index (Phi) is 3.91. The lowest BCUT2D eigenvalue weighted by Crippen LogP contribution is -2.46. The number of carboxylic acid groups (broad SMARTS) is 1. The molecule has 18 heavy (non-hydrogen) atoms. The van der Waals surface area contributed by atoms with Crippen LogP contribution in [-0.4, -0.2) is 19.3 Å². The summed E-state index contributed by atoms with van der Waals surface area (Å²) < 4.78 is 0. The van der Waals surface area contributed by atoms with Crippen LogP contribution in [-0.2, 0) is 0 Å². The summed E-state index contributed by atoms with van der Waals surface area (Å²) in [5.41, 5.74) is 2.12. The van der Waals surface area contributed by atoms with E-state index in [1.807, 2.05) is 13.0 Å². The van der Waals surface area contributed by atoms with Gasteiger partial charge in [0.2, 0.25) is 0 Å². The van der Waals surface area contributed by atoms with Crippen LogP contribution in [0.15, 0.2) is 18.2 Å². The molecule has 4 heteroatoms. The molecule has 0 aliphatic heterocycles. The lowest BCUT2D eigenvalue weighted by atomic mass is 10.1. The minimum absolute atomic E-state index is 0.158. The molecule has 0 saturated carbocycles. The molecule has 2 N–H and O–H groups in total. The van der Waals surface area contributed by atoms with Crippen molar-refractivity contribution in [3.05, 3.63) is 29.3 Å². The first-order chi connectivity index (χ1) is 8.06. The number of para-hydroxylation sites is 1. The molecule has 0 bridgehead atoms. The third-order valence-electron chi connectivity index (χ3n) is 3.82. The van der Waals surface area contributed by atoms with E-state index in [9.17, 15) is 9.90 Å². The molecule has 0 aliphatic rings. The van der Waals surface area contributed by atoms with Crippen molar-refractivity contribution in [1.82, 2.24) is 0 Å². The lowest BCUT2D eigenvalue weighted by Gasteiger charge is -2.38. The Bertz CT molecular complexity index is 461. The molecule has 3 nitrogen and oxygen atoms in total. The maximum Gasteiger partial charge on any atom is 0.337 e. The van der Waals surface area contributed by atoms with Crippen LogP contribution in [0.25, 0.3) is 0 Å². The minimum Gasteiger partial charge on any atom is -0.478 e. The van der Waals surface area contributed by atoms with Crippen molar-refractivity contribution in [1.29, 1.82) is 0 Å². The Morgan fingerprint density at radius 2 is 1.83 bits per heavy atom. The van der Waals surface area contributed by atoms with Crippen LogP contribution in [0.2, 0.25) is 18.1 Å². The van der Waals surface area contributed by atoms with Gasteiger partial charge < -0.3 is 10.1 Å². The van der Waals surface area contributed by atoms with Gasteiger partial charge in [0.1, 0.15) is 0 Å². The smallest absolute Gasteiger partial charge is 0.337 e. The van der Waals surface area contributed by atoms with Crippen molar-refractivity contribution in [3.8, 4) is 0 Å². The minimum atomic E-state index is -1.77. The second kappa shape index (κ2) is 4.76. The quantitative estimate of drug-likeness (QED) is 0.809. The van der Waals surface area contributed by atoms with Gasteiger partial charge in [-0.2, -0.15) is 0 Å². The normalized spacial score (nSPS) is 12.3. The number of rotatable bonds is 3. The Morgan fingerprint density at radius 1 is 1.28 bits per heavy atom. The number of hydrogen-bond acceptors (Lipinski definition) is 2. The van der Waals surface area contributed by atoms with E-state index >= 15 is 0 Å². The van der Waals surface area contributed by atoms with Crippen molar-refractivity contribution in [2.24, 2.45) is 0 Å². The van der Waals surface area contributed by atoms with Crippen molar-refractivity contribution in [2.75, 3.05) is 4.98 Å². The van der Waals surface area contributed by atoms with Crippen LogP contribution in [0.4, 0.5) is 5.69 Å². The fourth-order valence-corrected chi connectivity index (χ4v) is 2.84. The zero-order valence-electron chi connectivity index (χ0n) is 12.1. The van der Waals surface area contributed by atoms with E-state index in [1.54, 1.807) is 12.1 Å². The highest BCUT2D eigenvalue weighted by Gasteiger charge is 2.36. The van der Waals surface area contributed by atoms with Crippen LogP contribution < -0.4 is 4.98 Å². The highest BCUT2D eigenvalue weighted by Crippen LogP contribution is 2.37. The molecular weight excluding hydrogens is 242 g/mol. The highest BCUT2D eigenvalue weighted by atomic mass is 28.3. The summed E-state index contributed by atoms with van der Waals surface area (Å²) in [6, 6.07) is 5.39. The summed E-state index contributed by atoms with van der Waals surface area (Å²) in [7, 11) is -1.77. The van der Waals surface area contributed by atoms with E-state index in [-0.39, 0.29) is 5.04 Å². The Hall–Kier alpha value is -1.29. The van der Waals surface area contributed by atoms with Crippen molar-refractivity contribution in [2.45, 2.75) is 45.8 Å². The maximum atomic E-state index is 11.3. The van der Waals surface area contributed by atoms with Crippen molar-refractivity contribution in [3.63, 3.8) is 0 Å². The summed E-state index contributed by atoms with van der Waals surface area (Å²) in [5.74, 6) is -0.875. The summed E-state index contributed by atoms with van der Waals surface area (Å²) in [6.07, 6.45) is 0. The molecule has 0 aromatic heterocycles. The number of hydrogen-bond donors (Lipinski definition) is 2. The Balaban J connectivity index is 3.23. The number of aromatic carboxylic acids is 1. The van der Waals surface area contributed by atoms with Crippen molar-refractivity contribution < 1.29 is 9.90 Å². The van der Waals surface area contributed by atoms with E-state index in [2.05, 4.69) is 38.8 Å². The zero-order valence-corrected chi connectivity index (χ0v) is 13.1. The van der Waals surface area contributed by atoms with Gasteiger partial charge in [0.25, 0.3) is 0 Å². The van der Waals surface area contributed by atoms with Gasteiger partial charge >= 0.3 is 5.97 Å². The monoisotopic (exact) mass is 265 g/mol. The third kappa shape index (κ3) is 2.93. The van der Waals surface area contributed by atoms with Gasteiger partial charge in [-0.3, -0.25) is 0 Å². The van der Waals surface area contributed by atoms with Gasteiger partial charge in [0.05, 0.1) is 5.56 Å². The molecule has 0 saturated heterocycles. The lowest BCUT2D eigenvalue weighted by molar-refractivity contribution is 0.0698. The number of nitrogens with one attached hydrogen (secondary N) is 1. The van der Waals surface area contributed by atoms with Crippen LogP contribution >= 0.6 is 0 Å². The average Bonchev–Trinajstić information content (AvgIpc) is 2.18. The van der Waals surface area contributed by atoms with E-state index in [0.717, 1.165) is 11.3 Å². The molecule has 0 atom stereocenters. The average molecular weight is 265 g/mol. The number of carbonyl (C=O) groups is 1. The molecule has 1 aromatic rings. The second-order valence-corrected chi connectivity index (χ2v) is 11.3. The van der Waals surface area contributed by atoms with E-state index in [0.29, 0.717) is 5.56 Å². The van der Waals surface area contributed by atoms with Gasteiger partial charge in [-0.1, -0.05) is 46.0 Å². The largest absolute Gasteiger partial charge is 0.478 e. The molecule has 0 amide bonds. The summed E-state index contributed by atoms with van der Waals surface area (Å²) >= 11 is 0. The van der Waals surface area contributed by atoms with E-state index < -0.39 is 14.2 Å². The molecule has 0 spiro atoms. The summed E-state index contributed by atoms with van der Waals surface area (Å²) in [5, 5.41) is 9.42. The third-order valence-corrected chi connectivity index (χ3v) is 8.44. The van der Waals surface area contributed by atoms with Crippen LogP contribution in [0.3, 0.4) is 0 Å². The van der Waals surface area contributed by atoms with E-state index in [4.69, 9.17) is 0 Å². The summed E-state index contributed by atoms with van der Waals surface area (Å²) in [6.45, 7) is 13.0. The summed E-state index contributed by atoms with van der Waals surface area (Å²) in [4.78, 5) is 14.8. The standard InChI is InChI=1S/C14H23NO2Si/c1-10-8-7-9-11(13(16)17)12(10)15-18(5,6)14(2,3)4/h7-9,15H,1-6H3,(H,16,17). The molecule has 0 unspecified atom stereocenters. The Morgan fingerprint density at radius 3 is 2.28 bits per heavy atom. The first kappa shape index (κ1) is 14.8. The molecule has 1 rings (SSSR count). The fourth-order valence-electron chi connectivity index (χ4n) is 1.51. The molecule has 0 aliphatic carbocycles. The van der Waals surface area contributed by atoms with E-state index in [1.165, 1.54) is 0 Å². The topological polar surface area (TPSA) is 49.3 Å². The zero-order chi connectivity index (χ0) is 14.1. The number of anilines is 1. The molecule has 0 radical (unpaired) electrons. The predicted molar refractivity (Wildman–Crippen MR) is 79.0 cm³/mol. The second-order valence-electron chi connectivity index (χ2n) is 6.30.